The third kappa shape index (κ3) is 2.54. The Morgan fingerprint density at radius 3 is 3.04 bits per heavy atom. The molecular formula is C16H13BrClN7O. The van der Waals surface area contributed by atoms with E-state index in [4.69, 9.17) is 16.6 Å². The summed E-state index contributed by atoms with van der Waals surface area (Å²) in [6.45, 7) is 1.59. The fraction of sp³-hybridized carbons (Fsp3) is 0.250. The number of nitrogens with one attached hydrogen (secondary N) is 1. The van der Waals surface area contributed by atoms with E-state index in [9.17, 15) is 4.79 Å². The highest BCUT2D eigenvalue weighted by molar-refractivity contribution is 9.10. The lowest BCUT2D eigenvalue weighted by Crippen LogP contribution is -2.32. The van der Waals surface area contributed by atoms with Crippen LogP contribution in [-0.4, -0.2) is 41.8 Å². The highest BCUT2D eigenvalue weighted by Crippen LogP contribution is 2.34. The molecule has 0 radical (unpaired) electrons. The first-order valence-electron chi connectivity index (χ1n) is 8.08. The summed E-state index contributed by atoms with van der Waals surface area (Å²) in [4.78, 5) is 20.4. The number of carbonyl (C=O) groups is 1. The Morgan fingerprint density at radius 2 is 2.23 bits per heavy atom. The molecule has 1 amide bonds. The van der Waals surface area contributed by atoms with Gasteiger partial charge < -0.3 is 0 Å². The molecule has 2 aromatic heterocycles. The molecule has 0 atom stereocenters. The van der Waals surface area contributed by atoms with Crippen molar-refractivity contribution in [1.29, 1.82) is 0 Å². The van der Waals surface area contributed by atoms with E-state index >= 15 is 0 Å². The van der Waals surface area contributed by atoms with Gasteiger partial charge in [-0.2, -0.15) is 5.10 Å². The van der Waals surface area contributed by atoms with Gasteiger partial charge in [0.15, 0.2) is 16.8 Å². The smallest absolute Gasteiger partial charge is 0.235 e. The number of hydrazine groups is 1. The van der Waals surface area contributed by atoms with Crippen LogP contribution in [0.15, 0.2) is 29.0 Å². The van der Waals surface area contributed by atoms with Crippen molar-refractivity contribution >= 4 is 33.4 Å². The molecule has 0 spiro atoms. The van der Waals surface area contributed by atoms with Gasteiger partial charge in [-0.3, -0.25) is 14.8 Å². The SMILES string of the molecule is O=C1CCN(Cc2nc3n(n2)Cc2c(Cl)ncn2-c2ccc(Br)cc2-3)N1. The molecule has 1 saturated heterocycles. The van der Waals surface area contributed by atoms with E-state index in [-0.39, 0.29) is 5.91 Å². The predicted molar refractivity (Wildman–Crippen MR) is 97.6 cm³/mol. The third-order valence-corrected chi connectivity index (χ3v) is 5.32. The average molecular weight is 435 g/mol. The van der Waals surface area contributed by atoms with Crippen molar-refractivity contribution in [2.24, 2.45) is 0 Å². The Hall–Kier alpha value is -2.23. The second-order valence-corrected chi connectivity index (χ2v) is 7.50. The summed E-state index contributed by atoms with van der Waals surface area (Å²) >= 11 is 9.83. The molecule has 0 aliphatic carbocycles. The Kier molecular flexibility index (Phi) is 3.63. The van der Waals surface area contributed by atoms with Gasteiger partial charge in [-0.15, -0.1) is 0 Å². The van der Waals surface area contributed by atoms with Gasteiger partial charge in [0.05, 0.1) is 24.5 Å². The third-order valence-electron chi connectivity index (χ3n) is 4.51. The van der Waals surface area contributed by atoms with E-state index in [1.807, 2.05) is 32.5 Å². The average Bonchev–Trinajstić information content (AvgIpc) is 3.28. The molecule has 2 aliphatic heterocycles. The van der Waals surface area contributed by atoms with Gasteiger partial charge in [0.1, 0.15) is 6.33 Å². The summed E-state index contributed by atoms with van der Waals surface area (Å²) in [5, 5.41) is 6.93. The standard InChI is InChI=1S/C16H13BrClN7O/c17-9-1-2-11-10(5-9)16-20-13(7-23-4-3-14(26)22-23)21-25(16)6-12-15(18)19-8-24(11)12/h1-2,5,8H,3-4,6-7H2,(H,22,26). The zero-order chi connectivity index (χ0) is 17.8. The number of amides is 1. The zero-order valence-electron chi connectivity index (χ0n) is 13.5. The second kappa shape index (κ2) is 5.90. The van der Waals surface area contributed by atoms with Crippen molar-refractivity contribution in [3.63, 3.8) is 0 Å². The van der Waals surface area contributed by atoms with Crippen LogP contribution in [0, 0.1) is 0 Å². The van der Waals surface area contributed by atoms with Crippen LogP contribution in [0.5, 0.6) is 0 Å². The van der Waals surface area contributed by atoms with Crippen LogP contribution < -0.4 is 5.43 Å². The Balaban J connectivity index is 1.62. The second-order valence-electron chi connectivity index (χ2n) is 6.23. The molecule has 3 aromatic rings. The number of rotatable bonds is 2. The van der Waals surface area contributed by atoms with Gasteiger partial charge in [-0.25, -0.2) is 19.7 Å². The molecule has 2 aliphatic rings. The van der Waals surface area contributed by atoms with Crippen molar-refractivity contribution < 1.29 is 4.79 Å². The summed E-state index contributed by atoms with van der Waals surface area (Å²) in [5.41, 5.74) is 5.56. The van der Waals surface area contributed by atoms with Gasteiger partial charge in [0.25, 0.3) is 0 Å². The molecule has 5 rings (SSSR count). The molecule has 1 aromatic carbocycles. The number of imidazole rings is 1. The molecular weight excluding hydrogens is 422 g/mol. The number of benzene rings is 1. The maximum Gasteiger partial charge on any atom is 0.235 e. The number of carbonyl (C=O) groups excluding carboxylic acids is 1. The Morgan fingerprint density at radius 1 is 1.35 bits per heavy atom. The Bertz CT molecular complexity index is 1040. The van der Waals surface area contributed by atoms with Crippen molar-refractivity contribution in [3.05, 3.63) is 45.7 Å². The first-order valence-corrected chi connectivity index (χ1v) is 9.26. The number of hydrogen-bond acceptors (Lipinski definition) is 5. The quantitative estimate of drug-likeness (QED) is 0.523. The minimum atomic E-state index is 0.0238. The first-order chi connectivity index (χ1) is 12.6. The molecule has 0 saturated carbocycles. The molecule has 10 heteroatoms. The lowest BCUT2D eigenvalue weighted by atomic mass is 10.1. The summed E-state index contributed by atoms with van der Waals surface area (Å²) < 4.78 is 4.76. The number of aromatic nitrogens is 5. The minimum absolute atomic E-state index is 0.0238. The first kappa shape index (κ1) is 16.0. The monoisotopic (exact) mass is 433 g/mol. The van der Waals surface area contributed by atoms with Crippen molar-refractivity contribution in [2.75, 3.05) is 6.54 Å². The van der Waals surface area contributed by atoms with Gasteiger partial charge in [0.2, 0.25) is 5.91 Å². The maximum atomic E-state index is 11.4. The lowest BCUT2D eigenvalue weighted by Gasteiger charge is -2.11. The zero-order valence-corrected chi connectivity index (χ0v) is 15.8. The highest BCUT2D eigenvalue weighted by Gasteiger charge is 2.26. The number of halogens is 2. The van der Waals surface area contributed by atoms with Crippen LogP contribution >= 0.6 is 27.5 Å². The largest absolute Gasteiger partial charge is 0.299 e. The van der Waals surface area contributed by atoms with E-state index in [2.05, 4.69) is 31.4 Å². The van der Waals surface area contributed by atoms with Crippen LogP contribution in [-0.2, 0) is 17.9 Å². The number of nitrogens with zero attached hydrogens (tertiary/aromatic N) is 6. The van der Waals surface area contributed by atoms with Crippen LogP contribution in [0.1, 0.15) is 17.9 Å². The molecule has 0 bridgehead atoms. The predicted octanol–water partition coefficient (Wildman–Crippen LogP) is 2.15. The van der Waals surface area contributed by atoms with Crippen molar-refractivity contribution in [2.45, 2.75) is 19.5 Å². The molecule has 4 heterocycles. The van der Waals surface area contributed by atoms with Crippen molar-refractivity contribution in [3.8, 4) is 17.1 Å². The normalized spacial score (nSPS) is 16.0. The molecule has 8 nitrogen and oxygen atoms in total. The summed E-state index contributed by atoms with van der Waals surface area (Å²) in [6.07, 6.45) is 2.22. The van der Waals surface area contributed by atoms with Crippen LogP contribution in [0.3, 0.4) is 0 Å². The molecule has 0 unspecified atom stereocenters. The van der Waals surface area contributed by atoms with Gasteiger partial charge >= 0.3 is 0 Å². The van der Waals surface area contributed by atoms with E-state index in [1.54, 1.807) is 6.33 Å². The van der Waals surface area contributed by atoms with Gasteiger partial charge in [0, 0.05) is 23.0 Å². The van der Waals surface area contributed by atoms with Crippen LogP contribution in [0.25, 0.3) is 17.1 Å². The fourth-order valence-electron chi connectivity index (χ4n) is 3.32. The van der Waals surface area contributed by atoms with Crippen LogP contribution in [0.4, 0.5) is 0 Å². The fourth-order valence-corrected chi connectivity index (χ4v) is 3.88. The number of hydrogen-bond donors (Lipinski definition) is 1. The molecule has 26 heavy (non-hydrogen) atoms. The van der Waals surface area contributed by atoms with E-state index in [1.165, 1.54) is 0 Å². The summed E-state index contributed by atoms with van der Waals surface area (Å²) in [6, 6.07) is 6.00. The molecule has 1 fully saturated rings. The summed E-state index contributed by atoms with van der Waals surface area (Å²) in [7, 11) is 0. The van der Waals surface area contributed by atoms with Gasteiger partial charge in [-0.05, 0) is 18.2 Å². The van der Waals surface area contributed by atoms with E-state index in [0.29, 0.717) is 37.0 Å². The molecule has 1 N–H and O–H groups in total. The van der Waals surface area contributed by atoms with Crippen LogP contribution in [0.2, 0.25) is 5.15 Å². The number of fused-ring (bicyclic) bond motifs is 5. The highest BCUT2D eigenvalue weighted by atomic mass is 79.9. The topological polar surface area (TPSA) is 80.9 Å². The lowest BCUT2D eigenvalue weighted by molar-refractivity contribution is -0.121. The minimum Gasteiger partial charge on any atom is -0.299 e. The van der Waals surface area contributed by atoms with Crippen molar-refractivity contribution in [1.82, 2.24) is 34.8 Å². The molecule has 132 valence electrons. The summed E-state index contributed by atoms with van der Waals surface area (Å²) in [5.74, 6) is 1.44. The van der Waals surface area contributed by atoms with E-state index in [0.717, 1.165) is 27.2 Å². The Labute approximate surface area is 161 Å². The van der Waals surface area contributed by atoms with Gasteiger partial charge in [-0.1, -0.05) is 27.5 Å². The van der Waals surface area contributed by atoms with E-state index < -0.39 is 0 Å². The maximum absolute atomic E-state index is 11.4.